The lowest BCUT2D eigenvalue weighted by molar-refractivity contribution is 0.560. The number of hydrogen-bond donors (Lipinski definition) is 2. The van der Waals surface area contributed by atoms with Crippen LogP contribution in [0.25, 0.3) is 0 Å². The van der Waals surface area contributed by atoms with Gasteiger partial charge in [-0.3, -0.25) is 0 Å². The first kappa shape index (κ1) is 12.9. The molecule has 0 bridgehead atoms. The molecular formula is C9H10ClN5O2S. The first-order valence-electron chi connectivity index (χ1n) is 5.01. The molecule has 1 atom stereocenters. The summed E-state index contributed by atoms with van der Waals surface area (Å²) in [6, 6.07) is 5.58. The number of halogens is 1. The van der Waals surface area contributed by atoms with Crippen LogP contribution in [0.1, 0.15) is 18.8 Å². The van der Waals surface area contributed by atoms with E-state index in [1.807, 2.05) is 0 Å². The van der Waals surface area contributed by atoms with Gasteiger partial charge in [-0.25, -0.2) is 13.1 Å². The van der Waals surface area contributed by atoms with Gasteiger partial charge in [-0.15, -0.1) is 10.2 Å². The van der Waals surface area contributed by atoms with Gasteiger partial charge in [0.05, 0.1) is 11.1 Å². The molecule has 9 heteroatoms. The number of tetrazole rings is 1. The molecule has 7 nitrogen and oxygen atoms in total. The Labute approximate surface area is 109 Å². The van der Waals surface area contributed by atoms with Crippen LogP contribution in [0.15, 0.2) is 29.2 Å². The summed E-state index contributed by atoms with van der Waals surface area (Å²) in [5.74, 6) is 0.255. The van der Waals surface area contributed by atoms with E-state index in [1.54, 1.807) is 19.1 Å². The number of rotatable bonds is 4. The monoisotopic (exact) mass is 287 g/mol. The van der Waals surface area contributed by atoms with E-state index in [0.29, 0.717) is 0 Å². The van der Waals surface area contributed by atoms with Gasteiger partial charge in [0, 0.05) is 0 Å². The third kappa shape index (κ3) is 2.66. The highest BCUT2D eigenvalue weighted by molar-refractivity contribution is 7.89. The lowest BCUT2D eigenvalue weighted by Gasteiger charge is -2.11. The van der Waals surface area contributed by atoms with E-state index >= 15 is 0 Å². The van der Waals surface area contributed by atoms with E-state index in [4.69, 9.17) is 11.6 Å². The van der Waals surface area contributed by atoms with Crippen molar-refractivity contribution < 1.29 is 8.42 Å². The second kappa shape index (κ2) is 5.01. The van der Waals surface area contributed by atoms with Crippen LogP contribution in [-0.2, 0) is 10.0 Å². The molecule has 2 N–H and O–H groups in total. The van der Waals surface area contributed by atoms with E-state index in [1.165, 1.54) is 12.1 Å². The molecule has 0 saturated heterocycles. The van der Waals surface area contributed by atoms with Gasteiger partial charge in [0.2, 0.25) is 10.0 Å². The number of H-pyrrole nitrogens is 1. The highest BCUT2D eigenvalue weighted by Gasteiger charge is 2.22. The maximum atomic E-state index is 12.1. The Balaban J connectivity index is 2.26. The van der Waals surface area contributed by atoms with Crippen molar-refractivity contribution >= 4 is 21.6 Å². The van der Waals surface area contributed by atoms with E-state index in [9.17, 15) is 8.42 Å². The predicted octanol–water partition coefficient (Wildman–Crippen LogP) is 0.893. The van der Waals surface area contributed by atoms with Crippen molar-refractivity contribution in [1.82, 2.24) is 25.3 Å². The Morgan fingerprint density at radius 1 is 1.39 bits per heavy atom. The van der Waals surface area contributed by atoms with Crippen LogP contribution in [0.2, 0.25) is 5.02 Å². The first-order valence-corrected chi connectivity index (χ1v) is 6.87. The van der Waals surface area contributed by atoms with Crippen molar-refractivity contribution in [3.8, 4) is 0 Å². The Bertz CT molecular complexity index is 628. The van der Waals surface area contributed by atoms with Gasteiger partial charge < -0.3 is 0 Å². The summed E-state index contributed by atoms with van der Waals surface area (Å²) in [5.41, 5.74) is 0. The minimum atomic E-state index is -3.72. The standard InChI is InChI=1S/C9H10ClN5O2S/c1-6(9-11-14-15-12-9)13-18(16,17)8-5-3-2-4-7(8)10/h2-6,13H,1H3,(H,11,12,14,15). The van der Waals surface area contributed by atoms with E-state index in [0.717, 1.165) is 0 Å². The van der Waals surface area contributed by atoms with Crippen molar-refractivity contribution in [3.63, 3.8) is 0 Å². The van der Waals surface area contributed by atoms with Crippen molar-refractivity contribution in [2.45, 2.75) is 17.9 Å². The quantitative estimate of drug-likeness (QED) is 0.870. The molecule has 0 radical (unpaired) electrons. The van der Waals surface area contributed by atoms with Crippen LogP contribution in [0, 0.1) is 0 Å². The lowest BCUT2D eigenvalue weighted by Crippen LogP contribution is -2.27. The lowest BCUT2D eigenvalue weighted by atomic mass is 10.4. The van der Waals surface area contributed by atoms with Crippen LogP contribution in [-0.4, -0.2) is 29.0 Å². The second-order valence-electron chi connectivity index (χ2n) is 3.54. The number of hydrogen-bond acceptors (Lipinski definition) is 5. The molecular weight excluding hydrogens is 278 g/mol. The molecule has 1 aromatic carbocycles. The van der Waals surface area contributed by atoms with E-state index in [2.05, 4.69) is 25.3 Å². The summed E-state index contributed by atoms with van der Waals surface area (Å²) < 4.78 is 26.6. The minimum absolute atomic E-state index is 0.0158. The molecule has 1 aromatic heterocycles. The zero-order chi connectivity index (χ0) is 13.2. The molecule has 96 valence electrons. The molecule has 1 heterocycles. The van der Waals surface area contributed by atoms with Gasteiger partial charge in [0.1, 0.15) is 4.90 Å². The summed E-state index contributed by atoms with van der Waals surface area (Å²) in [6.07, 6.45) is 0. The van der Waals surface area contributed by atoms with Crippen LogP contribution < -0.4 is 4.72 Å². The highest BCUT2D eigenvalue weighted by Crippen LogP contribution is 2.21. The van der Waals surface area contributed by atoms with Crippen LogP contribution in [0.5, 0.6) is 0 Å². The SMILES string of the molecule is CC(NS(=O)(=O)c1ccccc1Cl)c1nn[nH]n1. The van der Waals surface area contributed by atoms with Crippen molar-refractivity contribution in [1.29, 1.82) is 0 Å². The van der Waals surface area contributed by atoms with Crippen LogP contribution in [0.4, 0.5) is 0 Å². The van der Waals surface area contributed by atoms with Gasteiger partial charge in [-0.1, -0.05) is 28.9 Å². The zero-order valence-corrected chi connectivity index (χ0v) is 10.9. The fourth-order valence-corrected chi connectivity index (χ4v) is 3.09. The van der Waals surface area contributed by atoms with Gasteiger partial charge in [0.15, 0.2) is 5.82 Å². The third-order valence-corrected chi connectivity index (χ3v) is 4.25. The number of aromatic amines is 1. The van der Waals surface area contributed by atoms with Crippen molar-refractivity contribution in [2.24, 2.45) is 0 Å². The summed E-state index contributed by atoms with van der Waals surface area (Å²) >= 11 is 5.85. The van der Waals surface area contributed by atoms with Crippen molar-refractivity contribution in [2.75, 3.05) is 0 Å². The molecule has 18 heavy (non-hydrogen) atoms. The summed E-state index contributed by atoms with van der Waals surface area (Å²) in [4.78, 5) is 0.0158. The molecule has 0 saturated carbocycles. The van der Waals surface area contributed by atoms with Crippen LogP contribution >= 0.6 is 11.6 Å². The smallest absolute Gasteiger partial charge is 0.207 e. The summed E-state index contributed by atoms with van der Waals surface area (Å²) in [5, 5.41) is 13.2. The van der Waals surface area contributed by atoms with E-state index < -0.39 is 16.1 Å². The normalized spacial score (nSPS) is 13.4. The fourth-order valence-electron chi connectivity index (χ4n) is 1.36. The number of nitrogens with one attached hydrogen (secondary N) is 2. The molecule has 0 aliphatic rings. The van der Waals surface area contributed by atoms with Gasteiger partial charge in [-0.05, 0) is 19.1 Å². The minimum Gasteiger partial charge on any atom is -0.207 e. The molecule has 0 spiro atoms. The van der Waals surface area contributed by atoms with Gasteiger partial charge in [0.25, 0.3) is 0 Å². The highest BCUT2D eigenvalue weighted by atomic mass is 35.5. The van der Waals surface area contributed by atoms with E-state index in [-0.39, 0.29) is 15.7 Å². The predicted molar refractivity (Wildman–Crippen MR) is 64.4 cm³/mol. The zero-order valence-electron chi connectivity index (χ0n) is 9.33. The summed E-state index contributed by atoms with van der Waals surface area (Å²) in [6.45, 7) is 1.61. The summed E-state index contributed by atoms with van der Waals surface area (Å²) in [7, 11) is -3.72. The Kier molecular flexibility index (Phi) is 3.60. The first-order chi connectivity index (χ1) is 8.50. The molecule has 0 fully saturated rings. The average molecular weight is 288 g/mol. The molecule has 2 rings (SSSR count). The largest absolute Gasteiger partial charge is 0.242 e. The van der Waals surface area contributed by atoms with Crippen molar-refractivity contribution in [3.05, 3.63) is 35.1 Å². The Morgan fingerprint density at radius 2 is 2.11 bits per heavy atom. The molecule has 0 aliphatic carbocycles. The number of nitrogens with zero attached hydrogens (tertiary/aromatic N) is 3. The molecule has 0 amide bonds. The second-order valence-corrected chi connectivity index (χ2v) is 5.63. The maximum absolute atomic E-state index is 12.1. The fraction of sp³-hybridized carbons (Fsp3) is 0.222. The van der Waals surface area contributed by atoms with Gasteiger partial charge in [-0.2, -0.15) is 5.21 Å². The molecule has 1 unspecified atom stereocenters. The topological polar surface area (TPSA) is 101 Å². The van der Waals surface area contributed by atoms with Gasteiger partial charge >= 0.3 is 0 Å². The van der Waals surface area contributed by atoms with Crippen LogP contribution in [0.3, 0.4) is 0 Å². The average Bonchev–Trinajstić information content (AvgIpc) is 2.82. The Hall–Kier alpha value is -1.51. The number of aromatic nitrogens is 4. The number of sulfonamides is 1. The maximum Gasteiger partial charge on any atom is 0.242 e. The molecule has 2 aromatic rings. The third-order valence-electron chi connectivity index (χ3n) is 2.21. The number of benzene rings is 1. The Morgan fingerprint density at radius 3 is 2.72 bits per heavy atom. The molecule has 0 aliphatic heterocycles.